The van der Waals surface area contributed by atoms with Crippen LogP contribution in [0.1, 0.15) is 22.8 Å². The molecule has 0 saturated carbocycles. The molecule has 1 heterocycles. The number of ether oxygens (including phenoxy) is 2. The fourth-order valence-corrected chi connectivity index (χ4v) is 5.28. The summed E-state index contributed by atoms with van der Waals surface area (Å²) in [6.45, 7) is 3.54. The Morgan fingerprint density at radius 2 is 1.83 bits per heavy atom. The first-order valence-electron chi connectivity index (χ1n) is 10.8. The average Bonchev–Trinajstić information content (AvgIpc) is 2.84. The number of amides is 1. The molecule has 1 N–H and O–H groups in total. The van der Waals surface area contributed by atoms with Crippen molar-refractivity contribution in [1.82, 2.24) is 0 Å². The first-order valence-corrected chi connectivity index (χ1v) is 12.6. The third kappa shape index (κ3) is 5.11. The Hall–Kier alpha value is -3.56. The predicted molar refractivity (Wildman–Crippen MR) is 133 cm³/mol. The summed E-state index contributed by atoms with van der Waals surface area (Å²) in [5.74, 6) is -0.857. The fraction of sp³-hybridized carbons (Fsp3) is 0.200. The van der Waals surface area contributed by atoms with Crippen LogP contribution >= 0.6 is 11.6 Å². The zero-order valence-corrected chi connectivity index (χ0v) is 20.6. The number of benzene rings is 3. The van der Waals surface area contributed by atoms with Crippen molar-refractivity contribution in [2.75, 3.05) is 22.8 Å². The molecule has 3 aromatic carbocycles. The van der Waals surface area contributed by atoms with Gasteiger partial charge in [0, 0.05) is 0 Å². The maximum Gasteiger partial charge on any atom is 0.338 e. The third-order valence-electron chi connectivity index (χ3n) is 5.37. The fourth-order valence-electron chi connectivity index (χ4n) is 3.57. The van der Waals surface area contributed by atoms with Crippen molar-refractivity contribution >= 4 is 44.9 Å². The summed E-state index contributed by atoms with van der Waals surface area (Å²) in [5, 5.41) is 2.79. The Labute approximate surface area is 208 Å². The molecular weight excluding hydrogens is 492 g/mol. The van der Waals surface area contributed by atoms with Crippen LogP contribution in [0.5, 0.6) is 5.75 Å². The summed E-state index contributed by atoms with van der Waals surface area (Å²) >= 11 is 6.26. The van der Waals surface area contributed by atoms with Crippen molar-refractivity contribution in [1.29, 1.82) is 0 Å². The molecule has 0 saturated heterocycles. The molecule has 8 nitrogen and oxygen atoms in total. The molecule has 0 radical (unpaired) electrons. The number of para-hydroxylation sites is 2. The number of sulfonamides is 1. The number of anilines is 2. The lowest BCUT2D eigenvalue weighted by Gasteiger charge is -2.34. The Morgan fingerprint density at radius 3 is 2.51 bits per heavy atom. The van der Waals surface area contributed by atoms with E-state index in [1.807, 2.05) is 6.92 Å². The topological polar surface area (TPSA) is 102 Å². The monoisotopic (exact) mass is 514 g/mol. The highest BCUT2D eigenvalue weighted by Gasteiger charge is 2.37. The van der Waals surface area contributed by atoms with Crippen LogP contribution in [0.4, 0.5) is 11.4 Å². The molecule has 1 atom stereocenters. The largest absolute Gasteiger partial charge is 0.476 e. The van der Waals surface area contributed by atoms with E-state index in [1.54, 1.807) is 43.3 Å². The highest BCUT2D eigenvalue weighted by molar-refractivity contribution is 7.92. The van der Waals surface area contributed by atoms with Gasteiger partial charge < -0.3 is 14.8 Å². The zero-order valence-electron chi connectivity index (χ0n) is 19.0. The van der Waals surface area contributed by atoms with Gasteiger partial charge in [0.15, 0.2) is 6.10 Å². The van der Waals surface area contributed by atoms with E-state index in [0.29, 0.717) is 5.69 Å². The van der Waals surface area contributed by atoms with Crippen LogP contribution in [-0.2, 0) is 19.6 Å². The molecule has 10 heteroatoms. The number of halogens is 1. The van der Waals surface area contributed by atoms with Crippen molar-refractivity contribution in [3.8, 4) is 5.75 Å². The molecule has 1 aliphatic heterocycles. The summed E-state index contributed by atoms with van der Waals surface area (Å²) < 4.78 is 38.9. The van der Waals surface area contributed by atoms with Crippen LogP contribution < -0.4 is 14.4 Å². The summed E-state index contributed by atoms with van der Waals surface area (Å²) in [6, 6.07) is 17.5. The Bertz CT molecular complexity index is 1370. The van der Waals surface area contributed by atoms with Gasteiger partial charge in [-0.3, -0.25) is 9.10 Å². The van der Waals surface area contributed by atoms with Crippen LogP contribution in [-0.4, -0.2) is 39.5 Å². The van der Waals surface area contributed by atoms with Crippen molar-refractivity contribution in [3.63, 3.8) is 0 Å². The second-order valence-corrected chi connectivity index (χ2v) is 10.1. The minimum absolute atomic E-state index is 0.108. The molecule has 0 aromatic heterocycles. The van der Waals surface area contributed by atoms with Crippen LogP contribution in [0.3, 0.4) is 0 Å². The van der Waals surface area contributed by atoms with Crippen LogP contribution in [0.25, 0.3) is 0 Å². The van der Waals surface area contributed by atoms with Gasteiger partial charge in [-0.2, -0.15) is 0 Å². The van der Waals surface area contributed by atoms with Crippen LogP contribution in [0.2, 0.25) is 5.02 Å². The predicted octanol–water partition coefficient (Wildman–Crippen LogP) is 4.42. The van der Waals surface area contributed by atoms with E-state index in [0.717, 1.165) is 5.56 Å². The second-order valence-electron chi connectivity index (χ2n) is 7.83. The van der Waals surface area contributed by atoms with E-state index >= 15 is 0 Å². The molecule has 3 aromatic rings. The highest BCUT2D eigenvalue weighted by atomic mass is 35.5. The Kier molecular flexibility index (Phi) is 7.00. The molecule has 1 amide bonds. The normalized spacial score (nSPS) is 15.1. The molecule has 4 rings (SSSR count). The second kappa shape index (κ2) is 9.97. The number of aryl methyl sites for hydroxylation is 1. The lowest BCUT2D eigenvalue weighted by atomic mass is 10.2. The number of esters is 1. The van der Waals surface area contributed by atoms with Gasteiger partial charge in [-0.1, -0.05) is 41.4 Å². The minimum Gasteiger partial charge on any atom is -0.476 e. The van der Waals surface area contributed by atoms with Gasteiger partial charge in [0.25, 0.3) is 15.9 Å². The quantitative estimate of drug-likeness (QED) is 0.488. The number of carbonyl (C=O) groups is 2. The van der Waals surface area contributed by atoms with Gasteiger partial charge in [-0.05, 0) is 56.3 Å². The summed E-state index contributed by atoms with van der Waals surface area (Å²) in [5.41, 5.74) is 1.76. The number of fused-ring (bicyclic) bond motifs is 1. The van der Waals surface area contributed by atoms with Crippen molar-refractivity contribution < 1.29 is 27.5 Å². The van der Waals surface area contributed by atoms with Gasteiger partial charge in [0.1, 0.15) is 5.75 Å². The molecule has 0 spiro atoms. The molecule has 1 aliphatic rings. The first kappa shape index (κ1) is 24.6. The van der Waals surface area contributed by atoms with E-state index in [-0.39, 0.29) is 40.1 Å². The first-order chi connectivity index (χ1) is 16.7. The number of hydrogen-bond acceptors (Lipinski definition) is 6. The minimum atomic E-state index is -3.96. The molecule has 0 bridgehead atoms. The molecule has 1 unspecified atom stereocenters. The smallest absolute Gasteiger partial charge is 0.338 e. The maximum absolute atomic E-state index is 13.5. The van der Waals surface area contributed by atoms with Crippen molar-refractivity contribution in [2.45, 2.75) is 24.8 Å². The third-order valence-corrected chi connectivity index (χ3v) is 7.48. The van der Waals surface area contributed by atoms with Gasteiger partial charge in [-0.25, -0.2) is 13.2 Å². The van der Waals surface area contributed by atoms with Gasteiger partial charge in [-0.15, -0.1) is 0 Å². The molecular formula is C25H23ClN2O6S. The molecule has 35 heavy (non-hydrogen) atoms. The number of nitrogens with one attached hydrogen (secondary N) is 1. The van der Waals surface area contributed by atoms with Gasteiger partial charge in [0.2, 0.25) is 0 Å². The van der Waals surface area contributed by atoms with Crippen molar-refractivity contribution in [3.05, 3.63) is 82.9 Å². The lowest BCUT2D eigenvalue weighted by molar-refractivity contribution is -0.122. The van der Waals surface area contributed by atoms with Crippen molar-refractivity contribution in [2.24, 2.45) is 0 Å². The number of carbonyl (C=O) groups excluding carboxylic acids is 2. The Morgan fingerprint density at radius 1 is 1.11 bits per heavy atom. The number of nitrogens with zero attached hydrogens (tertiary/aromatic N) is 1. The SMILES string of the molecule is CCOC(=O)c1ccc(NC(=O)C2CN(S(=O)(=O)c3ccc(C)cc3)c3ccccc3O2)c(Cl)c1. The van der Waals surface area contributed by atoms with E-state index in [4.69, 9.17) is 21.1 Å². The number of rotatable bonds is 6. The molecule has 0 aliphatic carbocycles. The lowest BCUT2D eigenvalue weighted by Crippen LogP contribution is -2.48. The average molecular weight is 515 g/mol. The van der Waals surface area contributed by atoms with Crippen LogP contribution in [0, 0.1) is 6.92 Å². The van der Waals surface area contributed by atoms with Gasteiger partial charge >= 0.3 is 5.97 Å². The number of hydrogen-bond donors (Lipinski definition) is 1. The van der Waals surface area contributed by atoms with Crippen LogP contribution in [0.15, 0.2) is 71.6 Å². The highest BCUT2D eigenvalue weighted by Crippen LogP contribution is 2.37. The standard InChI is InChI=1S/C25H23ClN2O6S/c1-3-33-25(30)17-10-13-20(19(26)14-17)27-24(29)23-15-28(21-6-4-5-7-22(21)34-23)35(31,32)18-11-8-16(2)9-12-18/h4-14,23H,3,15H2,1-2H3,(H,27,29). The zero-order chi connectivity index (χ0) is 25.2. The van der Waals surface area contributed by atoms with E-state index in [1.165, 1.54) is 34.6 Å². The van der Waals surface area contributed by atoms with E-state index < -0.39 is 28.0 Å². The van der Waals surface area contributed by atoms with E-state index in [9.17, 15) is 18.0 Å². The molecule has 0 fully saturated rings. The Balaban J connectivity index is 1.60. The summed E-state index contributed by atoms with van der Waals surface area (Å²) in [7, 11) is -3.96. The molecule has 182 valence electrons. The maximum atomic E-state index is 13.5. The summed E-state index contributed by atoms with van der Waals surface area (Å²) in [6.07, 6.45) is -1.15. The van der Waals surface area contributed by atoms with E-state index in [2.05, 4.69) is 5.32 Å². The summed E-state index contributed by atoms with van der Waals surface area (Å²) in [4.78, 5) is 25.1. The van der Waals surface area contributed by atoms with Gasteiger partial charge in [0.05, 0.1) is 40.0 Å².